The van der Waals surface area contributed by atoms with Crippen LogP contribution >= 0.6 is 11.3 Å². The van der Waals surface area contributed by atoms with Crippen LogP contribution in [0.15, 0.2) is 53.9 Å². The molecule has 5 nitrogen and oxygen atoms in total. The van der Waals surface area contributed by atoms with E-state index in [1.165, 1.54) is 29.0 Å². The van der Waals surface area contributed by atoms with Crippen molar-refractivity contribution in [3.63, 3.8) is 0 Å². The van der Waals surface area contributed by atoms with Crippen molar-refractivity contribution in [2.75, 3.05) is 18.4 Å². The first kappa shape index (κ1) is 20.7. The molecule has 1 aliphatic heterocycles. The van der Waals surface area contributed by atoms with E-state index in [9.17, 15) is 9.18 Å². The second-order valence-corrected chi connectivity index (χ2v) is 8.51. The minimum absolute atomic E-state index is 0.199. The Kier molecular flexibility index (Phi) is 6.22. The number of ether oxygens (including phenoxy) is 1. The van der Waals surface area contributed by atoms with Crippen LogP contribution in [-0.4, -0.2) is 41.1 Å². The summed E-state index contributed by atoms with van der Waals surface area (Å²) in [4.78, 5) is 19.4. The van der Waals surface area contributed by atoms with Gasteiger partial charge >= 0.3 is 0 Å². The maximum Gasteiger partial charge on any atom is 0.257 e. The summed E-state index contributed by atoms with van der Waals surface area (Å²) in [6.07, 6.45) is 0.466. The van der Waals surface area contributed by atoms with E-state index in [-0.39, 0.29) is 23.9 Å². The van der Waals surface area contributed by atoms with Crippen LogP contribution < -0.4 is 5.32 Å². The molecule has 2 unspecified atom stereocenters. The van der Waals surface area contributed by atoms with E-state index in [0.29, 0.717) is 16.4 Å². The third-order valence-corrected chi connectivity index (χ3v) is 5.74. The van der Waals surface area contributed by atoms with Gasteiger partial charge < -0.3 is 4.74 Å². The number of thiazole rings is 1. The van der Waals surface area contributed by atoms with Gasteiger partial charge in [-0.3, -0.25) is 15.0 Å². The molecule has 7 heteroatoms. The van der Waals surface area contributed by atoms with Crippen LogP contribution in [0.3, 0.4) is 0 Å². The highest BCUT2D eigenvalue weighted by Gasteiger charge is 2.22. The van der Waals surface area contributed by atoms with Crippen LogP contribution in [0.2, 0.25) is 0 Å². The number of aromatic nitrogens is 1. The molecule has 2 heterocycles. The number of hydrogen-bond donors (Lipinski definition) is 1. The van der Waals surface area contributed by atoms with E-state index in [2.05, 4.69) is 29.0 Å². The molecule has 0 radical (unpaired) electrons. The Bertz CT molecular complexity index is 994. The topological polar surface area (TPSA) is 54.5 Å². The van der Waals surface area contributed by atoms with Crippen molar-refractivity contribution in [2.45, 2.75) is 32.6 Å². The molecule has 2 aromatic carbocycles. The Balaban J connectivity index is 1.36. The van der Waals surface area contributed by atoms with Crippen LogP contribution in [0.25, 0.3) is 11.3 Å². The predicted molar refractivity (Wildman–Crippen MR) is 117 cm³/mol. The highest BCUT2D eigenvalue weighted by Crippen LogP contribution is 2.25. The van der Waals surface area contributed by atoms with Crippen LogP contribution in [0, 0.1) is 5.82 Å². The first-order chi connectivity index (χ1) is 14.5. The first-order valence-corrected chi connectivity index (χ1v) is 10.8. The van der Waals surface area contributed by atoms with Gasteiger partial charge in [-0.1, -0.05) is 12.1 Å². The van der Waals surface area contributed by atoms with Gasteiger partial charge in [0.2, 0.25) is 0 Å². The summed E-state index contributed by atoms with van der Waals surface area (Å²) in [6, 6.07) is 13.8. The van der Waals surface area contributed by atoms with Gasteiger partial charge in [-0.05, 0) is 55.8 Å². The number of anilines is 1. The first-order valence-electron chi connectivity index (χ1n) is 9.96. The second kappa shape index (κ2) is 9.04. The number of benzene rings is 2. The number of halogens is 1. The third kappa shape index (κ3) is 5.11. The zero-order valence-electron chi connectivity index (χ0n) is 17.0. The Morgan fingerprint density at radius 1 is 1.13 bits per heavy atom. The Morgan fingerprint density at radius 2 is 1.80 bits per heavy atom. The summed E-state index contributed by atoms with van der Waals surface area (Å²) in [6.45, 7) is 6.85. The highest BCUT2D eigenvalue weighted by molar-refractivity contribution is 7.14. The lowest BCUT2D eigenvalue weighted by molar-refractivity contribution is -0.0704. The molecule has 1 aliphatic rings. The largest absolute Gasteiger partial charge is 0.373 e. The molecule has 1 fully saturated rings. The molecule has 4 rings (SSSR count). The number of nitrogens with zero attached hydrogens (tertiary/aromatic N) is 2. The van der Waals surface area contributed by atoms with E-state index in [1.807, 2.05) is 29.6 Å². The molecule has 0 aliphatic carbocycles. The van der Waals surface area contributed by atoms with E-state index < -0.39 is 0 Å². The minimum atomic E-state index is -0.288. The zero-order valence-corrected chi connectivity index (χ0v) is 17.8. The van der Waals surface area contributed by atoms with Gasteiger partial charge in [0.1, 0.15) is 5.82 Å². The van der Waals surface area contributed by atoms with Gasteiger partial charge in [0.05, 0.1) is 17.9 Å². The van der Waals surface area contributed by atoms with E-state index in [1.54, 1.807) is 12.1 Å². The molecule has 1 N–H and O–H groups in total. The molecular formula is C23H24FN3O2S. The third-order valence-electron chi connectivity index (χ3n) is 4.98. The van der Waals surface area contributed by atoms with Gasteiger partial charge in [-0.25, -0.2) is 9.37 Å². The summed E-state index contributed by atoms with van der Waals surface area (Å²) in [7, 11) is 0. The number of morpholine rings is 1. The number of carbonyl (C=O) groups is 1. The lowest BCUT2D eigenvalue weighted by Gasteiger charge is -2.35. The Labute approximate surface area is 179 Å². The molecule has 1 saturated heterocycles. The summed E-state index contributed by atoms with van der Waals surface area (Å²) < 4.78 is 18.9. The van der Waals surface area contributed by atoms with Gasteiger partial charge in [0, 0.05) is 36.1 Å². The maximum atomic E-state index is 13.1. The van der Waals surface area contributed by atoms with Gasteiger partial charge in [-0.2, -0.15) is 0 Å². The number of carbonyl (C=O) groups excluding carboxylic acids is 1. The predicted octanol–water partition coefficient (Wildman–Crippen LogP) is 4.81. The molecule has 30 heavy (non-hydrogen) atoms. The molecule has 3 aromatic rings. The monoisotopic (exact) mass is 425 g/mol. The standard InChI is InChI=1S/C23H24FN3O2S/c1-15-11-27(12-16(2)29-15)13-17-3-5-19(6-4-17)22(28)26-23-25-21(14-30-23)18-7-9-20(24)10-8-18/h3-10,14-16H,11-13H2,1-2H3,(H,25,26,28). The fourth-order valence-electron chi connectivity index (χ4n) is 3.69. The quantitative estimate of drug-likeness (QED) is 0.637. The molecule has 0 bridgehead atoms. The van der Waals surface area contributed by atoms with Gasteiger partial charge in [-0.15, -0.1) is 11.3 Å². The maximum absolute atomic E-state index is 13.1. The van der Waals surface area contributed by atoms with Crippen molar-refractivity contribution in [3.8, 4) is 11.3 Å². The highest BCUT2D eigenvalue weighted by atomic mass is 32.1. The molecule has 1 aromatic heterocycles. The molecule has 0 saturated carbocycles. The molecule has 2 atom stereocenters. The Morgan fingerprint density at radius 3 is 2.47 bits per heavy atom. The van der Waals surface area contributed by atoms with Crippen molar-refractivity contribution >= 4 is 22.4 Å². The van der Waals surface area contributed by atoms with Crippen molar-refractivity contribution in [3.05, 3.63) is 70.9 Å². The van der Waals surface area contributed by atoms with Gasteiger partial charge in [0.25, 0.3) is 5.91 Å². The van der Waals surface area contributed by atoms with Crippen LogP contribution in [0.1, 0.15) is 29.8 Å². The normalized spacial score (nSPS) is 19.6. The molecule has 1 amide bonds. The lowest BCUT2D eigenvalue weighted by Crippen LogP contribution is -2.44. The minimum Gasteiger partial charge on any atom is -0.373 e. The molecule has 0 spiro atoms. The zero-order chi connectivity index (χ0) is 21.1. The average molecular weight is 426 g/mol. The fourth-order valence-corrected chi connectivity index (χ4v) is 4.40. The number of rotatable bonds is 5. The summed E-state index contributed by atoms with van der Waals surface area (Å²) in [5.74, 6) is -0.487. The summed E-state index contributed by atoms with van der Waals surface area (Å²) in [5.41, 5.74) is 3.27. The molecular weight excluding hydrogens is 401 g/mol. The Hall–Kier alpha value is -2.61. The van der Waals surface area contributed by atoms with Gasteiger partial charge in [0.15, 0.2) is 5.13 Å². The number of amides is 1. The average Bonchev–Trinajstić information content (AvgIpc) is 3.16. The lowest BCUT2D eigenvalue weighted by atomic mass is 10.1. The van der Waals surface area contributed by atoms with Crippen molar-refractivity contribution in [2.24, 2.45) is 0 Å². The smallest absolute Gasteiger partial charge is 0.257 e. The van der Waals surface area contributed by atoms with Crippen molar-refractivity contribution in [1.29, 1.82) is 0 Å². The van der Waals surface area contributed by atoms with Crippen LogP contribution in [-0.2, 0) is 11.3 Å². The second-order valence-electron chi connectivity index (χ2n) is 7.65. The molecule has 156 valence electrons. The van der Waals surface area contributed by atoms with E-state index >= 15 is 0 Å². The van der Waals surface area contributed by atoms with Crippen molar-refractivity contribution in [1.82, 2.24) is 9.88 Å². The fraction of sp³-hybridized carbons (Fsp3) is 0.304. The van der Waals surface area contributed by atoms with Crippen LogP contribution in [0.5, 0.6) is 0 Å². The van der Waals surface area contributed by atoms with E-state index in [0.717, 1.165) is 25.2 Å². The summed E-state index contributed by atoms with van der Waals surface area (Å²) in [5, 5.41) is 5.20. The number of hydrogen-bond acceptors (Lipinski definition) is 5. The summed E-state index contributed by atoms with van der Waals surface area (Å²) >= 11 is 1.34. The number of nitrogens with one attached hydrogen (secondary N) is 1. The van der Waals surface area contributed by atoms with Crippen LogP contribution in [0.4, 0.5) is 9.52 Å². The van der Waals surface area contributed by atoms with E-state index in [4.69, 9.17) is 4.74 Å². The SMILES string of the molecule is CC1CN(Cc2ccc(C(=O)Nc3nc(-c4ccc(F)cc4)cs3)cc2)CC(C)O1. The van der Waals surface area contributed by atoms with Crippen molar-refractivity contribution < 1.29 is 13.9 Å².